The molecule has 0 fully saturated rings. The molecule has 0 aliphatic rings. The molecule has 1 aromatic rings. The number of aliphatic hydroxyl groups is 1. The van der Waals surface area contributed by atoms with E-state index in [0.29, 0.717) is 19.8 Å². The van der Waals surface area contributed by atoms with Gasteiger partial charge in [-0.15, -0.1) is 0 Å². The number of ether oxygens (including phenoxy) is 1. The average molecular weight is 308 g/mol. The van der Waals surface area contributed by atoms with E-state index in [2.05, 4.69) is 10.6 Å². The molecule has 1 rings (SSSR count). The van der Waals surface area contributed by atoms with E-state index >= 15 is 0 Å². The van der Waals surface area contributed by atoms with Gasteiger partial charge in [0.25, 0.3) is 0 Å². The molecule has 0 saturated carbocycles. The first kappa shape index (κ1) is 18.5. The molecule has 22 heavy (non-hydrogen) atoms. The van der Waals surface area contributed by atoms with Crippen LogP contribution >= 0.6 is 0 Å². The molecule has 0 bridgehead atoms. The van der Waals surface area contributed by atoms with Gasteiger partial charge in [-0.3, -0.25) is 0 Å². The molecule has 5 nitrogen and oxygen atoms in total. The van der Waals surface area contributed by atoms with Gasteiger partial charge in [0.1, 0.15) is 0 Å². The maximum Gasteiger partial charge on any atom is 0.319 e. The van der Waals surface area contributed by atoms with Crippen molar-refractivity contribution in [1.29, 1.82) is 0 Å². The summed E-state index contributed by atoms with van der Waals surface area (Å²) in [6.07, 6.45) is 1.70. The predicted molar refractivity (Wildman–Crippen MR) is 88.9 cm³/mol. The summed E-state index contributed by atoms with van der Waals surface area (Å²) in [5.41, 5.74) is 1.63. The second-order valence-electron chi connectivity index (χ2n) is 6.10. The summed E-state index contributed by atoms with van der Waals surface area (Å²) in [6, 6.07) is 7.40. The molecule has 0 aliphatic carbocycles. The van der Waals surface area contributed by atoms with E-state index in [4.69, 9.17) is 4.74 Å². The number of nitrogens with one attached hydrogen (secondary N) is 2. The summed E-state index contributed by atoms with van der Waals surface area (Å²) < 4.78 is 5.39. The minimum Gasteiger partial charge on any atom is -0.396 e. The zero-order valence-corrected chi connectivity index (χ0v) is 13.8. The molecule has 0 aromatic heterocycles. The van der Waals surface area contributed by atoms with Crippen molar-refractivity contribution in [3.63, 3.8) is 0 Å². The summed E-state index contributed by atoms with van der Waals surface area (Å²) in [6.45, 7) is 7.83. The third-order valence-corrected chi connectivity index (χ3v) is 3.47. The SMILES string of the molecule is CCOCc1ccccc1NC(=O)NCCCC(C)(C)CO. The fourth-order valence-electron chi connectivity index (χ4n) is 1.99. The average Bonchev–Trinajstić information content (AvgIpc) is 2.51. The van der Waals surface area contributed by atoms with Gasteiger partial charge >= 0.3 is 6.03 Å². The van der Waals surface area contributed by atoms with Crippen molar-refractivity contribution in [3.8, 4) is 0 Å². The monoisotopic (exact) mass is 308 g/mol. The number of carbonyl (C=O) groups is 1. The highest BCUT2D eigenvalue weighted by Crippen LogP contribution is 2.20. The van der Waals surface area contributed by atoms with Crippen LogP contribution in [0.3, 0.4) is 0 Å². The Hall–Kier alpha value is -1.59. The number of para-hydroxylation sites is 1. The zero-order chi connectivity index (χ0) is 16.4. The van der Waals surface area contributed by atoms with Crippen LogP contribution in [-0.4, -0.2) is 30.9 Å². The highest BCUT2D eigenvalue weighted by molar-refractivity contribution is 5.90. The number of hydrogen-bond acceptors (Lipinski definition) is 3. The lowest BCUT2D eigenvalue weighted by Crippen LogP contribution is -2.30. The number of rotatable bonds is 9. The molecule has 0 aliphatic heterocycles. The van der Waals surface area contributed by atoms with Gasteiger partial charge in [-0.1, -0.05) is 32.0 Å². The Balaban J connectivity index is 2.39. The third-order valence-electron chi connectivity index (χ3n) is 3.47. The van der Waals surface area contributed by atoms with Gasteiger partial charge in [0.15, 0.2) is 0 Å². The van der Waals surface area contributed by atoms with Crippen molar-refractivity contribution < 1.29 is 14.6 Å². The predicted octanol–water partition coefficient (Wildman–Crippen LogP) is 3.14. The number of hydrogen-bond donors (Lipinski definition) is 3. The molecular formula is C17H28N2O3. The highest BCUT2D eigenvalue weighted by atomic mass is 16.5. The Labute approximate surface area is 133 Å². The van der Waals surface area contributed by atoms with Gasteiger partial charge in [0.2, 0.25) is 0 Å². The Morgan fingerprint density at radius 3 is 2.73 bits per heavy atom. The number of anilines is 1. The molecule has 0 heterocycles. The van der Waals surface area contributed by atoms with Crippen LogP contribution in [0.1, 0.15) is 39.2 Å². The number of benzene rings is 1. The molecule has 124 valence electrons. The van der Waals surface area contributed by atoms with Crippen LogP contribution in [0.25, 0.3) is 0 Å². The minimum atomic E-state index is -0.217. The first-order valence-corrected chi connectivity index (χ1v) is 7.80. The van der Waals surface area contributed by atoms with Crippen LogP contribution < -0.4 is 10.6 Å². The van der Waals surface area contributed by atoms with Crippen LogP contribution in [-0.2, 0) is 11.3 Å². The van der Waals surface area contributed by atoms with Crippen LogP contribution in [0.5, 0.6) is 0 Å². The van der Waals surface area contributed by atoms with Gasteiger partial charge in [-0.05, 0) is 31.2 Å². The molecule has 0 unspecified atom stereocenters. The summed E-state index contributed by atoms with van der Waals surface area (Å²) in [5, 5.41) is 14.9. The normalized spacial score (nSPS) is 11.3. The van der Waals surface area contributed by atoms with Gasteiger partial charge in [-0.25, -0.2) is 4.79 Å². The Morgan fingerprint density at radius 2 is 2.05 bits per heavy atom. The van der Waals surface area contributed by atoms with Crippen LogP contribution in [0.15, 0.2) is 24.3 Å². The van der Waals surface area contributed by atoms with Gasteiger partial charge in [0.05, 0.1) is 6.61 Å². The summed E-state index contributed by atoms with van der Waals surface area (Å²) in [4.78, 5) is 11.9. The maximum absolute atomic E-state index is 11.9. The molecule has 5 heteroatoms. The van der Waals surface area contributed by atoms with Crippen molar-refractivity contribution >= 4 is 11.7 Å². The van der Waals surface area contributed by atoms with Crippen molar-refractivity contribution in [2.75, 3.05) is 25.1 Å². The molecule has 0 atom stereocenters. The topological polar surface area (TPSA) is 70.6 Å². The summed E-state index contributed by atoms with van der Waals surface area (Å²) in [5.74, 6) is 0. The van der Waals surface area contributed by atoms with E-state index in [-0.39, 0.29) is 18.1 Å². The number of aliphatic hydroxyl groups excluding tert-OH is 1. The van der Waals surface area contributed by atoms with Crippen LogP contribution in [0.2, 0.25) is 0 Å². The lowest BCUT2D eigenvalue weighted by atomic mass is 9.89. The highest BCUT2D eigenvalue weighted by Gasteiger charge is 2.15. The minimum absolute atomic E-state index is 0.0950. The first-order chi connectivity index (χ1) is 10.5. The first-order valence-electron chi connectivity index (χ1n) is 7.80. The van der Waals surface area contributed by atoms with Gasteiger partial charge < -0.3 is 20.5 Å². The van der Waals surface area contributed by atoms with E-state index in [1.54, 1.807) is 0 Å². The molecular weight excluding hydrogens is 280 g/mol. The van der Waals surface area contributed by atoms with E-state index in [9.17, 15) is 9.90 Å². The zero-order valence-electron chi connectivity index (χ0n) is 13.8. The van der Waals surface area contributed by atoms with E-state index in [1.165, 1.54) is 0 Å². The number of carbonyl (C=O) groups excluding carboxylic acids is 1. The molecule has 0 saturated heterocycles. The van der Waals surface area contributed by atoms with E-state index in [0.717, 1.165) is 24.1 Å². The fourth-order valence-corrected chi connectivity index (χ4v) is 1.99. The van der Waals surface area contributed by atoms with Gasteiger partial charge in [-0.2, -0.15) is 0 Å². The van der Waals surface area contributed by atoms with Crippen LogP contribution in [0, 0.1) is 5.41 Å². The van der Waals surface area contributed by atoms with Crippen molar-refractivity contribution in [3.05, 3.63) is 29.8 Å². The third kappa shape index (κ3) is 6.91. The summed E-state index contributed by atoms with van der Waals surface area (Å²) >= 11 is 0. The fraction of sp³-hybridized carbons (Fsp3) is 0.588. The molecule has 3 N–H and O–H groups in total. The van der Waals surface area contributed by atoms with E-state index in [1.807, 2.05) is 45.0 Å². The number of amides is 2. The second-order valence-corrected chi connectivity index (χ2v) is 6.10. The van der Waals surface area contributed by atoms with E-state index < -0.39 is 0 Å². The summed E-state index contributed by atoms with van der Waals surface area (Å²) in [7, 11) is 0. The van der Waals surface area contributed by atoms with Crippen LogP contribution in [0.4, 0.5) is 10.5 Å². The Morgan fingerprint density at radius 1 is 1.32 bits per heavy atom. The van der Waals surface area contributed by atoms with Crippen molar-refractivity contribution in [1.82, 2.24) is 5.32 Å². The standard InChI is InChI=1S/C17H28N2O3/c1-4-22-12-14-8-5-6-9-15(14)19-16(21)18-11-7-10-17(2,3)13-20/h5-6,8-9,20H,4,7,10-13H2,1-3H3,(H2,18,19,21). The van der Waals surface area contributed by atoms with Gasteiger partial charge in [0, 0.05) is 31.0 Å². The number of urea groups is 1. The lowest BCUT2D eigenvalue weighted by molar-refractivity contribution is 0.134. The molecule has 0 radical (unpaired) electrons. The van der Waals surface area contributed by atoms with Crippen molar-refractivity contribution in [2.45, 2.75) is 40.2 Å². The Kier molecular flexibility index (Phi) is 7.91. The Bertz CT molecular complexity index is 461. The maximum atomic E-state index is 11.9. The van der Waals surface area contributed by atoms with Crippen molar-refractivity contribution in [2.24, 2.45) is 5.41 Å². The second kappa shape index (κ2) is 9.43. The molecule has 1 aromatic carbocycles. The quantitative estimate of drug-likeness (QED) is 0.614. The smallest absolute Gasteiger partial charge is 0.319 e. The lowest BCUT2D eigenvalue weighted by Gasteiger charge is -2.21. The largest absolute Gasteiger partial charge is 0.396 e. The molecule has 2 amide bonds. The molecule has 0 spiro atoms.